The third-order valence-corrected chi connectivity index (χ3v) is 12.9. The number of nitrogens with one attached hydrogen (secondary N) is 2. The van der Waals surface area contributed by atoms with E-state index in [1.54, 1.807) is 43.1 Å². The lowest BCUT2D eigenvalue weighted by Crippen LogP contribution is -2.42. The van der Waals surface area contributed by atoms with Crippen molar-refractivity contribution < 1.29 is 23.9 Å². The molecule has 46 heavy (non-hydrogen) atoms. The Morgan fingerprint density at radius 2 is 1.61 bits per heavy atom. The van der Waals surface area contributed by atoms with Gasteiger partial charge >= 0.3 is 4.87 Å². The number of imide groups is 1. The zero-order valence-corrected chi connectivity index (χ0v) is 27.7. The first-order valence-corrected chi connectivity index (χ1v) is 17.5. The molecule has 3 fully saturated rings. The van der Waals surface area contributed by atoms with Gasteiger partial charge in [0.1, 0.15) is 11.5 Å². The number of carbonyl (C=O) groups excluding carboxylic acids is 3. The fourth-order valence-corrected chi connectivity index (χ4v) is 11.2. The highest BCUT2D eigenvalue weighted by atomic mass is 79.9. The molecule has 7 atom stereocenters. The molecule has 0 unspecified atom stereocenters. The number of rotatable bonds is 7. The number of fused-ring (bicyclic) bond motifs is 9. The molecule has 2 saturated carbocycles. The minimum absolute atomic E-state index is 0.0253. The van der Waals surface area contributed by atoms with Crippen molar-refractivity contribution in [2.24, 2.45) is 29.6 Å². The Kier molecular flexibility index (Phi) is 7.34. The Bertz CT molecular complexity index is 1910. The van der Waals surface area contributed by atoms with Crippen LogP contribution in [0.3, 0.4) is 0 Å². The highest BCUT2D eigenvalue weighted by Gasteiger charge is 2.69. The largest absolute Gasteiger partial charge is 0.497 e. The van der Waals surface area contributed by atoms with Crippen LogP contribution in [0.2, 0.25) is 0 Å². The quantitative estimate of drug-likeness (QED) is 0.229. The smallest absolute Gasteiger partial charge is 0.305 e. The molecule has 2 aliphatic carbocycles. The molecular weight excluding hydrogens is 690 g/mol. The van der Waals surface area contributed by atoms with Crippen LogP contribution in [0.5, 0.6) is 11.5 Å². The molecule has 1 saturated heterocycles. The second-order valence-electron chi connectivity index (χ2n) is 12.1. The highest BCUT2D eigenvalue weighted by Crippen LogP contribution is 2.68. The number of benzene rings is 3. The fourth-order valence-electron chi connectivity index (χ4n) is 8.03. The maximum atomic E-state index is 13.9. The number of carbonyl (C=O) groups is 3. The highest BCUT2D eigenvalue weighted by molar-refractivity contribution is 9.10. The van der Waals surface area contributed by atoms with E-state index in [4.69, 9.17) is 9.47 Å². The van der Waals surface area contributed by atoms with Crippen molar-refractivity contribution in [1.82, 2.24) is 4.98 Å². The lowest BCUT2D eigenvalue weighted by atomic mass is 9.68. The number of ether oxygens (including phenoxy) is 2. The van der Waals surface area contributed by atoms with Gasteiger partial charge in [-0.05, 0) is 90.4 Å². The van der Waals surface area contributed by atoms with Gasteiger partial charge in [0.15, 0.2) is 6.61 Å². The molecule has 4 aromatic rings. The first-order chi connectivity index (χ1) is 22.3. The van der Waals surface area contributed by atoms with Crippen molar-refractivity contribution >= 4 is 68.1 Å². The van der Waals surface area contributed by atoms with E-state index in [0.29, 0.717) is 22.9 Å². The molecular formula is C34H28BrN3O6S2. The van der Waals surface area contributed by atoms with E-state index in [0.717, 1.165) is 26.4 Å². The molecule has 1 aromatic heterocycles. The molecule has 2 bridgehead atoms. The average Bonchev–Trinajstić information content (AvgIpc) is 3.80. The van der Waals surface area contributed by atoms with Crippen LogP contribution in [-0.2, 0) is 14.4 Å². The van der Waals surface area contributed by atoms with E-state index in [9.17, 15) is 19.2 Å². The number of hydrogen-bond donors (Lipinski definition) is 2. The molecule has 2 N–H and O–H groups in total. The van der Waals surface area contributed by atoms with Crippen molar-refractivity contribution in [2.45, 2.75) is 22.6 Å². The molecule has 0 spiro atoms. The number of hydrogen-bond acceptors (Lipinski definition) is 8. The van der Waals surface area contributed by atoms with Gasteiger partial charge in [0, 0.05) is 26.2 Å². The minimum atomic E-state index is -0.366. The lowest BCUT2D eigenvalue weighted by molar-refractivity contribution is -0.123. The van der Waals surface area contributed by atoms with Crippen LogP contribution in [0.4, 0.5) is 11.4 Å². The van der Waals surface area contributed by atoms with Gasteiger partial charge in [0.2, 0.25) is 11.8 Å². The number of thiazole rings is 1. The normalized spacial score (nSPS) is 27.3. The predicted molar refractivity (Wildman–Crippen MR) is 179 cm³/mol. The summed E-state index contributed by atoms with van der Waals surface area (Å²) in [5.41, 5.74) is 2.27. The molecule has 8 rings (SSSR count). The van der Waals surface area contributed by atoms with Crippen molar-refractivity contribution in [3.8, 4) is 11.5 Å². The van der Waals surface area contributed by atoms with Gasteiger partial charge in [-0.2, -0.15) is 0 Å². The summed E-state index contributed by atoms with van der Waals surface area (Å²) in [6, 6.07) is 22.0. The van der Waals surface area contributed by atoms with E-state index in [1.165, 1.54) is 16.2 Å². The standard InChI is InChI=1S/C34H28BrN3O6S2/c1-43-20-12-6-18(7-13-20)36-24(39)15-44-21-10-2-16(3-11-21)25-26-22-14-23(29(26)45-31-30(25)46-34(42)37-31)28-27(22)32(40)38(33(28)41)19-8-4-17(35)5-9-19/h2-13,22-23,25-29H,14-15H2,1H3,(H,36,39)(H,37,42)/t22-,23-,25+,26-,27+,28+,29-/m1/s1. The van der Waals surface area contributed by atoms with Crippen LogP contribution in [0.25, 0.3) is 0 Å². The van der Waals surface area contributed by atoms with Crippen LogP contribution in [0.15, 0.2) is 87.1 Å². The number of anilines is 2. The Hall–Kier alpha value is -3.87. The Morgan fingerprint density at radius 3 is 2.30 bits per heavy atom. The van der Waals surface area contributed by atoms with Crippen molar-refractivity contribution in [2.75, 3.05) is 23.9 Å². The van der Waals surface area contributed by atoms with Gasteiger partial charge in [-0.25, -0.2) is 0 Å². The minimum Gasteiger partial charge on any atom is -0.497 e. The van der Waals surface area contributed by atoms with Crippen LogP contribution in [0, 0.1) is 29.6 Å². The molecule has 4 aliphatic rings. The van der Waals surface area contributed by atoms with Gasteiger partial charge in [-0.15, -0.1) is 11.8 Å². The fraction of sp³-hybridized carbons (Fsp3) is 0.294. The Morgan fingerprint density at radius 1 is 0.935 bits per heavy atom. The van der Waals surface area contributed by atoms with Gasteiger partial charge in [-0.3, -0.25) is 24.1 Å². The number of methoxy groups -OCH3 is 1. The molecule has 234 valence electrons. The first-order valence-electron chi connectivity index (χ1n) is 15.0. The third-order valence-electron chi connectivity index (χ3n) is 9.79. The number of thioether (sulfide) groups is 1. The number of amides is 3. The van der Waals surface area contributed by atoms with Crippen LogP contribution >= 0.6 is 39.0 Å². The summed E-state index contributed by atoms with van der Waals surface area (Å²) in [4.78, 5) is 58.1. The van der Waals surface area contributed by atoms with Gasteiger partial charge in [0.25, 0.3) is 5.91 Å². The maximum Gasteiger partial charge on any atom is 0.305 e. The topological polar surface area (TPSA) is 118 Å². The SMILES string of the molecule is COc1ccc(NC(=O)COc2ccc([C@@H]3c4sc(=O)[nH]c4S[C@@H]4[C@@H]5C[C@@H]([C@@H]6C(=O)N(c7ccc(Br)cc7)C(=O)[C@@H]56)[C@H]34)cc2)cc1. The van der Waals surface area contributed by atoms with E-state index in [-0.39, 0.29) is 70.0 Å². The molecule has 2 aliphatic heterocycles. The van der Waals surface area contributed by atoms with Gasteiger partial charge < -0.3 is 19.8 Å². The zero-order chi connectivity index (χ0) is 31.7. The van der Waals surface area contributed by atoms with E-state index >= 15 is 0 Å². The maximum absolute atomic E-state index is 13.9. The van der Waals surface area contributed by atoms with Crippen molar-refractivity contribution in [3.63, 3.8) is 0 Å². The molecule has 0 radical (unpaired) electrons. The number of aromatic amines is 1. The van der Waals surface area contributed by atoms with E-state index < -0.39 is 0 Å². The van der Waals surface area contributed by atoms with E-state index in [2.05, 4.69) is 26.2 Å². The second kappa shape index (κ2) is 11.4. The summed E-state index contributed by atoms with van der Waals surface area (Å²) < 4.78 is 11.8. The first kappa shape index (κ1) is 29.5. The summed E-state index contributed by atoms with van der Waals surface area (Å²) in [5, 5.41) is 3.78. The molecule has 12 heteroatoms. The zero-order valence-electron chi connectivity index (χ0n) is 24.5. The van der Waals surface area contributed by atoms with Crippen LogP contribution < -0.4 is 24.6 Å². The number of halogens is 1. The second-order valence-corrected chi connectivity index (χ2v) is 15.2. The predicted octanol–water partition coefficient (Wildman–Crippen LogP) is 5.90. The van der Waals surface area contributed by atoms with Gasteiger partial charge in [-0.1, -0.05) is 39.4 Å². The van der Waals surface area contributed by atoms with Crippen molar-refractivity contribution in [3.05, 3.63) is 97.4 Å². The summed E-state index contributed by atoms with van der Waals surface area (Å²) in [6.07, 6.45) is 0.823. The number of H-pyrrole nitrogens is 1. The van der Waals surface area contributed by atoms with Crippen molar-refractivity contribution in [1.29, 1.82) is 0 Å². The molecule has 3 aromatic carbocycles. The third kappa shape index (κ3) is 4.80. The Balaban J connectivity index is 1.04. The summed E-state index contributed by atoms with van der Waals surface area (Å²) in [6.45, 7) is -0.155. The number of nitrogens with zero attached hydrogens (tertiary/aromatic N) is 1. The molecule has 9 nitrogen and oxygen atoms in total. The summed E-state index contributed by atoms with van der Waals surface area (Å²) >= 11 is 6.33. The number of aromatic nitrogens is 1. The lowest BCUT2D eigenvalue weighted by Gasteiger charge is -2.43. The van der Waals surface area contributed by atoms with Gasteiger partial charge in [0.05, 0.1) is 29.7 Å². The Labute approximate surface area is 280 Å². The van der Waals surface area contributed by atoms with E-state index in [1.807, 2.05) is 48.5 Å². The molecule has 3 heterocycles. The van der Waals surface area contributed by atoms with Crippen LogP contribution in [0.1, 0.15) is 22.8 Å². The molecule has 3 amide bonds. The average molecular weight is 719 g/mol. The van der Waals surface area contributed by atoms with Crippen LogP contribution in [-0.4, -0.2) is 41.7 Å². The monoisotopic (exact) mass is 717 g/mol. The summed E-state index contributed by atoms with van der Waals surface area (Å²) in [5.74, 6) is 0.103. The summed E-state index contributed by atoms with van der Waals surface area (Å²) in [7, 11) is 1.59.